The van der Waals surface area contributed by atoms with Crippen molar-refractivity contribution in [3.05, 3.63) is 35.9 Å². The molecule has 0 saturated carbocycles. The highest BCUT2D eigenvalue weighted by molar-refractivity contribution is 6.29. The zero-order chi connectivity index (χ0) is 11.8. The van der Waals surface area contributed by atoms with Gasteiger partial charge in [-0.1, -0.05) is 11.6 Å². The number of halogens is 1. The normalized spacial score (nSPS) is 10.9. The van der Waals surface area contributed by atoms with Crippen LogP contribution < -0.4 is 0 Å². The van der Waals surface area contributed by atoms with Crippen molar-refractivity contribution in [2.75, 3.05) is 0 Å². The van der Waals surface area contributed by atoms with E-state index >= 15 is 0 Å². The molecule has 0 N–H and O–H groups in total. The van der Waals surface area contributed by atoms with Crippen LogP contribution >= 0.6 is 11.6 Å². The Labute approximate surface area is 102 Å². The molecule has 0 spiro atoms. The number of hydrogen-bond donors (Lipinski definition) is 0. The Hall–Kier alpha value is -2.01. The first kappa shape index (κ1) is 10.2. The Morgan fingerprint density at radius 3 is 3.00 bits per heavy atom. The van der Waals surface area contributed by atoms with Crippen LogP contribution in [0.5, 0.6) is 0 Å². The first-order valence-corrected chi connectivity index (χ1v) is 5.38. The molecule has 2 heterocycles. The van der Waals surface area contributed by atoms with E-state index in [1.165, 1.54) is 6.20 Å². The summed E-state index contributed by atoms with van der Waals surface area (Å²) in [5.74, 6) is 0.505. The van der Waals surface area contributed by atoms with E-state index in [1.54, 1.807) is 6.33 Å². The van der Waals surface area contributed by atoms with E-state index in [1.807, 2.05) is 29.8 Å². The van der Waals surface area contributed by atoms with Gasteiger partial charge in [-0.3, -0.25) is 0 Å². The molecule has 0 aliphatic rings. The molecule has 0 atom stereocenters. The highest BCUT2D eigenvalue weighted by Gasteiger charge is 2.06. The summed E-state index contributed by atoms with van der Waals surface area (Å²) in [4.78, 5) is 8.40. The van der Waals surface area contributed by atoms with Crippen LogP contribution in [0.25, 0.3) is 22.4 Å². The Balaban J connectivity index is 2.18. The molecule has 0 fully saturated rings. The van der Waals surface area contributed by atoms with E-state index in [0.717, 1.165) is 16.6 Å². The van der Waals surface area contributed by atoms with Gasteiger partial charge < -0.3 is 4.57 Å². The minimum absolute atomic E-state index is 0.330. The van der Waals surface area contributed by atoms with Gasteiger partial charge in [0.25, 0.3) is 0 Å². The zero-order valence-electron chi connectivity index (χ0n) is 9.00. The summed E-state index contributed by atoms with van der Waals surface area (Å²) in [6.07, 6.45) is 3.18. The number of hydrogen-bond acceptors (Lipinski definition) is 4. The molecule has 1 aromatic carbocycles. The van der Waals surface area contributed by atoms with Gasteiger partial charge in [-0.15, -0.1) is 5.10 Å². The predicted octanol–water partition coefficient (Wildman–Crippen LogP) is 2.08. The topological polar surface area (TPSA) is 56.5 Å². The van der Waals surface area contributed by atoms with Crippen LogP contribution in [0.4, 0.5) is 0 Å². The summed E-state index contributed by atoms with van der Waals surface area (Å²) < 4.78 is 1.95. The zero-order valence-corrected chi connectivity index (χ0v) is 9.76. The third-order valence-electron chi connectivity index (χ3n) is 2.51. The molecule has 0 unspecified atom stereocenters. The van der Waals surface area contributed by atoms with Crippen LogP contribution in [0.2, 0.25) is 5.15 Å². The first-order chi connectivity index (χ1) is 8.24. The summed E-state index contributed by atoms with van der Waals surface area (Å²) in [6.45, 7) is 0. The lowest BCUT2D eigenvalue weighted by atomic mass is 10.2. The lowest BCUT2D eigenvalue weighted by Gasteiger charge is -2.00. The van der Waals surface area contributed by atoms with Crippen LogP contribution in [-0.4, -0.2) is 24.7 Å². The van der Waals surface area contributed by atoms with Crippen molar-refractivity contribution in [1.82, 2.24) is 24.7 Å². The fraction of sp³-hybridized carbons (Fsp3) is 0.0909. The smallest absolute Gasteiger partial charge is 0.183 e. The molecule has 0 radical (unpaired) electrons. The van der Waals surface area contributed by atoms with E-state index < -0.39 is 0 Å². The fourth-order valence-electron chi connectivity index (χ4n) is 1.68. The van der Waals surface area contributed by atoms with Crippen LogP contribution in [0, 0.1) is 0 Å². The lowest BCUT2D eigenvalue weighted by molar-refractivity contribution is 0.947. The molecule has 5 nitrogen and oxygen atoms in total. The van der Waals surface area contributed by atoms with Gasteiger partial charge in [-0.2, -0.15) is 5.10 Å². The minimum atomic E-state index is 0.330. The van der Waals surface area contributed by atoms with E-state index in [4.69, 9.17) is 11.6 Å². The highest BCUT2D eigenvalue weighted by atomic mass is 35.5. The van der Waals surface area contributed by atoms with Crippen LogP contribution in [0.3, 0.4) is 0 Å². The van der Waals surface area contributed by atoms with E-state index in [2.05, 4.69) is 20.2 Å². The van der Waals surface area contributed by atoms with Gasteiger partial charge in [0.2, 0.25) is 0 Å². The van der Waals surface area contributed by atoms with Crippen molar-refractivity contribution >= 4 is 22.6 Å². The molecule has 3 rings (SSSR count). The largest absolute Gasteiger partial charge is 0.334 e. The Bertz CT molecular complexity index is 691. The van der Waals surface area contributed by atoms with Crippen molar-refractivity contribution in [2.45, 2.75) is 0 Å². The number of rotatable bonds is 1. The van der Waals surface area contributed by atoms with Gasteiger partial charge in [0.05, 0.1) is 23.6 Å². The summed E-state index contributed by atoms with van der Waals surface area (Å²) in [7, 11) is 1.95. The molecule has 2 aromatic heterocycles. The fourth-order valence-corrected chi connectivity index (χ4v) is 1.80. The summed E-state index contributed by atoms with van der Waals surface area (Å²) >= 11 is 5.78. The van der Waals surface area contributed by atoms with Crippen molar-refractivity contribution < 1.29 is 0 Å². The van der Waals surface area contributed by atoms with Crippen molar-refractivity contribution in [2.24, 2.45) is 7.05 Å². The highest BCUT2D eigenvalue weighted by Crippen LogP contribution is 2.20. The maximum absolute atomic E-state index is 5.78. The van der Waals surface area contributed by atoms with E-state index in [-0.39, 0.29) is 0 Å². The molecule has 0 aliphatic heterocycles. The molecular weight excluding hydrogens is 238 g/mol. The average molecular weight is 246 g/mol. The van der Waals surface area contributed by atoms with Gasteiger partial charge in [0.15, 0.2) is 11.0 Å². The van der Waals surface area contributed by atoms with Crippen LogP contribution in [-0.2, 0) is 7.05 Å². The molecule has 3 aromatic rings. The molecule has 0 amide bonds. The second-order valence-electron chi connectivity index (χ2n) is 3.66. The van der Waals surface area contributed by atoms with Gasteiger partial charge in [0.1, 0.15) is 0 Å². The molecule has 17 heavy (non-hydrogen) atoms. The number of nitrogens with zero attached hydrogens (tertiary/aromatic N) is 5. The van der Waals surface area contributed by atoms with Gasteiger partial charge in [-0.05, 0) is 18.2 Å². The lowest BCUT2D eigenvalue weighted by Crippen LogP contribution is -1.92. The third kappa shape index (κ3) is 1.74. The maximum atomic E-state index is 5.78. The Morgan fingerprint density at radius 2 is 2.18 bits per heavy atom. The maximum Gasteiger partial charge on any atom is 0.183 e. The van der Waals surface area contributed by atoms with Crippen molar-refractivity contribution in [1.29, 1.82) is 0 Å². The molecule has 0 saturated heterocycles. The monoisotopic (exact) mass is 245 g/mol. The Kier molecular flexibility index (Phi) is 2.26. The van der Waals surface area contributed by atoms with Gasteiger partial charge in [0, 0.05) is 12.6 Å². The molecule has 6 heteroatoms. The van der Waals surface area contributed by atoms with E-state index in [9.17, 15) is 0 Å². The minimum Gasteiger partial charge on any atom is -0.334 e. The molecule has 0 bridgehead atoms. The number of fused-ring (bicyclic) bond motifs is 1. The third-order valence-corrected chi connectivity index (χ3v) is 2.70. The second kappa shape index (κ2) is 3.78. The molecule has 0 aliphatic carbocycles. The quantitative estimate of drug-likeness (QED) is 0.659. The SMILES string of the molecule is Cn1cnc2cc(-c3nncc(Cl)n3)ccc21. The first-order valence-electron chi connectivity index (χ1n) is 5.01. The van der Waals surface area contributed by atoms with Crippen LogP contribution in [0.1, 0.15) is 0 Å². The van der Waals surface area contributed by atoms with E-state index in [0.29, 0.717) is 11.0 Å². The van der Waals surface area contributed by atoms with Gasteiger partial charge in [-0.25, -0.2) is 9.97 Å². The van der Waals surface area contributed by atoms with Crippen LogP contribution in [0.15, 0.2) is 30.7 Å². The number of aromatic nitrogens is 5. The molecular formula is C11H8ClN5. The predicted molar refractivity (Wildman–Crippen MR) is 64.5 cm³/mol. The Morgan fingerprint density at radius 1 is 1.29 bits per heavy atom. The van der Waals surface area contributed by atoms with Crippen molar-refractivity contribution in [3.63, 3.8) is 0 Å². The number of benzene rings is 1. The molecule has 84 valence electrons. The second-order valence-corrected chi connectivity index (χ2v) is 4.05. The average Bonchev–Trinajstić information content (AvgIpc) is 2.71. The summed E-state index contributed by atoms with van der Waals surface area (Å²) in [5, 5.41) is 8.05. The number of aryl methyl sites for hydroxylation is 1. The summed E-state index contributed by atoms with van der Waals surface area (Å²) in [5.41, 5.74) is 2.81. The standard InChI is InChI=1S/C11H8ClN5/c1-17-6-13-8-4-7(2-3-9(8)17)11-15-10(12)5-14-16-11/h2-6H,1H3. The summed E-state index contributed by atoms with van der Waals surface area (Å²) in [6, 6.07) is 5.82. The van der Waals surface area contributed by atoms with Gasteiger partial charge >= 0.3 is 0 Å². The van der Waals surface area contributed by atoms with Crippen molar-refractivity contribution in [3.8, 4) is 11.4 Å². The number of imidazole rings is 1.